The van der Waals surface area contributed by atoms with Crippen LogP contribution in [0.2, 0.25) is 0 Å². The topological polar surface area (TPSA) is 76.4 Å². The van der Waals surface area contributed by atoms with Crippen molar-refractivity contribution in [2.24, 2.45) is 0 Å². The van der Waals surface area contributed by atoms with Crippen molar-refractivity contribution in [3.8, 4) is 0 Å². The Morgan fingerprint density at radius 3 is 2.78 bits per heavy atom. The molecule has 6 heteroatoms. The Morgan fingerprint density at radius 1 is 1.33 bits per heavy atom. The fraction of sp³-hybridized carbons (Fsp3) is 0.500. The predicted octanol–water partition coefficient (Wildman–Crippen LogP) is 1.55. The number of nitro benzene ring substituents is 1. The summed E-state index contributed by atoms with van der Waals surface area (Å²) in [6.07, 6.45) is 0. The van der Waals surface area contributed by atoms with Crippen LogP contribution in [-0.4, -0.2) is 38.3 Å². The van der Waals surface area contributed by atoms with Gasteiger partial charge in [0.1, 0.15) is 5.69 Å². The van der Waals surface area contributed by atoms with Crippen molar-refractivity contribution in [3.05, 3.63) is 33.9 Å². The maximum Gasteiger partial charge on any atom is 0.292 e. The lowest BCUT2D eigenvalue weighted by atomic mass is 10.2. The molecule has 0 amide bonds. The summed E-state index contributed by atoms with van der Waals surface area (Å²) in [6.45, 7) is 4.63. The molecular weight excluding hydrogens is 234 g/mol. The summed E-state index contributed by atoms with van der Waals surface area (Å²) in [4.78, 5) is 10.5. The molecule has 1 rings (SSSR count). The number of anilines is 1. The average Bonchev–Trinajstić information content (AvgIpc) is 2.35. The number of ether oxygens (including phenoxy) is 1. The number of rotatable bonds is 8. The maximum atomic E-state index is 10.9. The maximum absolute atomic E-state index is 10.9. The molecule has 2 N–H and O–H groups in total. The van der Waals surface area contributed by atoms with Crippen LogP contribution in [0.4, 0.5) is 11.4 Å². The van der Waals surface area contributed by atoms with Crippen LogP contribution in [-0.2, 0) is 4.74 Å². The van der Waals surface area contributed by atoms with Gasteiger partial charge in [-0.3, -0.25) is 10.1 Å². The van der Waals surface area contributed by atoms with E-state index in [0.717, 1.165) is 18.7 Å². The quantitative estimate of drug-likeness (QED) is 0.417. The van der Waals surface area contributed by atoms with Crippen molar-refractivity contribution in [2.75, 3.05) is 38.7 Å². The molecule has 0 aliphatic heterocycles. The van der Waals surface area contributed by atoms with E-state index in [0.29, 0.717) is 18.8 Å². The minimum absolute atomic E-state index is 0.117. The molecule has 0 bridgehead atoms. The van der Waals surface area contributed by atoms with E-state index in [9.17, 15) is 10.1 Å². The lowest BCUT2D eigenvalue weighted by Crippen LogP contribution is -2.25. The molecule has 0 heterocycles. The van der Waals surface area contributed by atoms with Gasteiger partial charge in [-0.15, -0.1) is 0 Å². The Labute approximate surface area is 106 Å². The fourth-order valence-electron chi connectivity index (χ4n) is 1.53. The standard InChI is InChI=1S/C12H19N3O3/c1-10-3-4-11(12(9-10)15(16)17)14-6-5-13-7-8-18-2/h3-4,9,13-14H,5-8H2,1-2H3. The molecule has 100 valence electrons. The summed E-state index contributed by atoms with van der Waals surface area (Å²) in [7, 11) is 1.65. The van der Waals surface area contributed by atoms with Crippen LogP contribution in [0.15, 0.2) is 18.2 Å². The molecule has 0 unspecified atom stereocenters. The Kier molecular flexibility index (Phi) is 6.10. The zero-order valence-electron chi connectivity index (χ0n) is 10.7. The number of nitro groups is 1. The van der Waals surface area contributed by atoms with Gasteiger partial charge in [-0.2, -0.15) is 0 Å². The first-order valence-electron chi connectivity index (χ1n) is 5.83. The van der Waals surface area contributed by atoms with Gasteiger partial charge in [0.15, 0.2) is 0 Å². The molecule has 0 spiro atoms. The summed E-state index contributed by atoms with van der Waals surface area (Å²) >= 11 is 0. The molecule has 0 aromatic heterocycles. The number of hydrogen-bond acceptors (Lipinski definition) is 5. The lowest BCUT2D eigenvalue weighted by molar-refractivity contribution is -0.384. The second kappa shape index (κ2) is 7.62. The average molecular weight is 253 g/mol. The number of nitrogens with zero attached hydrogens (tertiary/aromatic N) is 1. The summed E-state index contributed by atoms with van der Waals surface area (Å²) in [5.41, 5.74) is 1.55. The molecule has 1 aromatic carbocycles. The van der Waals surface area contributed by atoms with Crippen molar-refractivity contribution < 1.29 is 9.66 Å². The van der Waals surface area contributed by atoms with Gasteiger partial charge in [0.25, 0.3) is 5.69 Å². The lowest BCUT2D eigenvalue weighted by Gasteiger charge is -2.08. The summed E-state index contributed by atoms with van der Waals surface area (Å²) in [6, 6.07) is 5.16. The number of methoxy groups -OCH3 is 1. The third kappa shape index (κ3) is 4.68. The molecule has 1 aromatic rings. The van der Waals surface area contributed by atoms with Gasteiger partial charge in [-0.25, -0.2) is 0 Å². The number of benzene rings is 1. The van der Waals surface area contributed by atoms with E-state index < -0.39 is 0 Å². The first-order chi connectivity index (χ1) is 8.65. The van der Waals surface area contributed by atoms with Crippen molar-refractivity contribution in [3.63, 3.8) is 0 Å². The Balaban J connectivity index is 2.44. The molecule has 0 radical (unpaired) electrons. The highest BCUT2D eigenvalue weighted by Crippen LogP contribution is 2.24. The summed E-state index contributed by atoms with van der Waals surface area (Å²) in [5.74, 6) is 0. The second-order valence-corrected chi connectivity index (χ2v) is 3.95. The van der Waals surface area contributed by atoms with Crippen LogP contribution in [0.1, 0.15) is 5.56 Å². The van der Waals surface area contributed by atoms with Crippen LogP contribution in [0, 0.1) is 17.0 Å². The highest BCUT2D eigenvalue weighted by molar-refractivity contribution is 5.62. The molecule has 0 aliphatic rings. The van der Waals surface area contributed by atoms with Crippen molar-refractivity contribution in [1.82, 2.24) is 5.32 Å². The molecule has 0 saturated carbocycles. The summed E-state index contributed by atoms with van der Waals surface area (Å²) < 4.78 is 4.90. The Morgan fingerprint density at radius 2 is 2.11 bits per heavy atom. The van der Waals surface area contributed by atoms with E-state index in [2.05, 4.69) is 10.6 Å². The van der Waals surface area contributed by atoms with Gasteiger partial charge in [0.2, 0.25) is 0 Å². The zero-order valence-corrected chi connectivity index (χ0v) is 10.7. The molecule has 0 saturated heterocycles. The number of aryl methyl sites for hydroxylation is 1. The molecular formula is C12H19N3O3. The molecule has 6 nitrogen and oxygen atoms in total. The third-order valence-corrected chi connectivity index (χ3v) is 2.45. The normalized spacial score (nSPS) is 10.3. The van der Waals surface area contributed by atoms with E-state index in [-0.39, 0.29) is 10.6 Å². The van der Waals surface area contributed by atoms with Crippen molar-refractivity contribution in [1.29, 1.82) is 0 Å². The van der Waals surface area contributed by atoms with Gasteiger partial charge in [0, 0.05) is 32.8 Å². The van der Waals surface area contributed by atoms with Gasteiger partial charge in [-0.1, -0.05) is 6.07 Å². The van der Waals surface area contributed by atoms with Crippen molar-refractivity contribution in [2.45, 2.75) is 6.92 Å². The number of nitrogens with one attached hydrogen (secondary N) is 2. The van der Waals surface area contributed by atoms with Crippen molar-refractivity contribution >= 4 is 11.4 Å². The minimum Gasteiger partial charge on any atom is -0.383 e. The molecule has 0 fully saturated rings. The van der Waals surface area contributed by atoms with Crippen LogP contribution in [0.5, 0.6) is 0 Å². The van der Waals surface area contributed by atoms with E-state index in [4.69, 9.17) is 4.74 Å². The van der Waals surface area contributed by atoms with Gasteiger partial charge in [-0.05, 0) is 18.6 Å². The van der Waals surface area contributed by atoms with E-state index in [1.165, 1.54) is 0 Å². The number of hydrogen-bond donors (Lipinski definition) is 2. The van der Waals surface area contributed by atoms with E-state index in [1.54, 1.807) is 19.2 Å². The third-order valence-electron chi connectivity index (χ3n) is 2.45. The first-order valence-corrected chi connectivity index (χ1v) is 5.83. The first kappa shape index (κ1) is 14.4. The Hall–Kier alpha value is -1.66. The van der Waals surface area contributed by atoms with Crippen LogP contribution >= 0.6 is 0 Å². The molecule has 0 atom stereocenters. The van der Waals surface area contributed by atoms with Gasteiger partial charge in [0.05, 0.1) is 11.5 Å². The molecule has 18 heavy (non-hydrogen) atoms. The Bertz CT molecular complexity index is 396. The highest BCUT2D eigenvalue weighted by Gasteiger charge is 2.12. The van der Waals surface area contributed by atoms with Gasteiger partial charge >= 0.3 is 0 Å². The fourth-order valence-corrected chi connectivity index (χ4v) is 1.53. The van der Waals surface area contributed by atoms with Gasteiger partial charge < -0.3 is 15.4 Å². The zero-order chi connectivity index (χ0) is 13.4. The molecule has 0 aliphatic carbocycles. The summed E-state index contributed by atoms with van der Waals surface area (Å²) in [5, 5.41) is 17.1. The van der Waals surface area contributed by atoms with E-state index in [1.807, 2.05) is 13.0 Å². The second-order valence-electron chi connectivity index (χ2n) is 3.95. The minimum atomic E-state index is -0.367. The monoisotopic (exact) mass is 253 g/mol. The SMILES string of the molecule is COCCNCCNc1ccc(C)cc1[N+](=O)[O-]. The van der Waals surface area contributed by atoms with Crippen LogP contribution in [0.25, 0.3) is 0 Å². The smallest absolute Gasteiger partial charge is 0.292 e. The van der Waals surface area contributed by atoms with Crippen LogP contribution < -0.4 is 10.6 Å². The highest BCUT2D eigenvalue weighted by atomic mass is 16.6. The largest absolute Gasteiger partial charge is 0.383 e. The van der Waals surface area contributed by atoms with Crippen LogP contribution in [0.3, 0.4) is 0 Å². The van der Waals surface area contributed by atoms with E-state index >= 15 is 0 Å². The predicted molar refractivity (Wildman–Crippen MR) is 71.1 cm³/mol.